The van der Waals surface area contributed by atoms with Gasteiger partial charge in [-0.3, -0.25) is 19.1 Å². The van der Waals surface area contributed by atoms with Crippen LogP contribution in [0.25, 0.3) is 0 Å². The van der Waals surface area contributed by atoms with Gasteiger partial charge in [0, 0.05) is 6.54 Å². The normalized spacial score (nSPS) is 19.0. The highest BCUT2D eigenvalue weighted by Crippen LogP contribution is 2.37. The van der Waals surface area contributed by atoms with Crippen LogP contribution in [0.15, 0.2) is 15.0 Å². The Morgan fingerprint density at radius 2 is 1.72 bits per heavy atom. The molecular formula is C21H40N7O7P. The molecule has 2 atom stereocenters. The van der Waals surface area contributed by atoms with E-state index in [2.05, 4.69) is 25.2 Å². The number of nitrogens with one attached hydrogen (secondary N) is 2. The van der Waals surface area contributed by atoms with Crippen LogP contribution < -0.4 is 15.9 Å². The first-order chi connectivity index (χ1) is 17.1. The van der Waals surface area contributed by atoms with Gasteiger partial charge in [0.1, 0.15) is 31.6 Å². The van der Waals surface area contributed by atoms with E-state index in [1.165, 1.54) is 13.8 Å². The number of hydrogen-bond acceptors (Lipinski definition) is 12. The molecule has 4 N–H and O–H groups in total. The van der Waals surface area contributed by atoms with E-state index in [0.717, 1.165) is 6.42 Å². The van der Waals surface area contributed by atoms with Crippen molar-refractivity contribution in [1.82, 2.24) is 15.1 Å². The molecule has 0 radical (unpaired) electrons. The Morgan fingerprint density at radius 3 is 2.28 bits per heavy atom. The van der Waals surface area contributed by atoms with Gasteiger partial charge in [-0.2, -0.15) is 4.99 Å². The second-order valence-corrected chi connectivity index (χ2v) is 10.0. The van der Waals surface area contributed by atoms with Gasteiger partial charge >= 0.3 is 11.9 Å². The van der Waals surface area contributed by atoms with E-state index in [9.17, 15) is 14.2 Å². The number of ether oxygens (including phenoxy) is 4. The van der Waals surface area contributed by atoms with Crippen molar-refractivity contribution in [2.75, 3.05) is 52.5 Å². The largest absolute Gasteiger partial charge is 0.479 e. The van der Waals surface area contributed by atoms with E-state index in [1.54, 1.807) is 25.1 Å². The highest BCUT2D eigenvalue weighted by atomic mass is 31.2. The SMILES string of the molecule is CCCO/C1=N/C(N)=N\CN(CCOCP(=O)(N[C@@H](C)C(=O)OCC)N[C@@H](C)C(=O)OCC)C=NC1. The Kier molecular flexibility index (Phi) is 14.9. The summed E-state index contributed by atoms with van der Waals surface area (Å²) in [5.74, 6) is -0.680. The lowest BCUT2D eigenvalue weighted by Gasteiger charge is -2.26. The molecule has 1 heterocycles. The van der Waals surface area contributed by atoms with Gasteiger partial charge in [-0.05, 0) is 34.1 Å². The molecule has 0 saturated heterocycles. The lowest BCUT2D eigenvalue weighted by molar-refractivity contribution is -0.145. The minimum atomic E-state index is -3.57. The van der Waals surface area contributed by atoms with Crippen molar-refractivity contribution in [2.24, 2.45) is 20.7 Å². The summed E-state index contributed by atoms with van der Waals surface area (Å²) in [6, 6.07) is -1.79. The number of carbonyl (C=O) groups excluding carboxylic acids is 2. The summed E-state index contributed by atoms with van der Waals surface area (Å²) in [5.41, 5.74) is 5.83. The number of hydrogen-bond donors (Lipinski definition) is 3. The van der Waals surface area contributed by atoms with E-state index in [4.69, 9.17) is 24.7 Å². The third-order valence-electron chi connectivity index (χ3n) is 4.48. The second-order valence-electron chi connectivity index (χ2n) is 7.76. The molecule has 0 aliphatic carbocycles. The van der Waals surface area contributed by atoms with Gasteiger partial charge in [-0.25, -0.2) is 15.2 Å². The molecule has 0 saturated carbocycles. The van der Waals surface area contributed by atoms with Gasteiger partial charge in [0.25, 0.3) is 0 Å². The first kappa shape index (κ1) is 31.5. The molecule has 36 heavy (non-hydrogen) atoms. The molecule has 0 aromatic rings. The summed E-state index contributed by atoms with van der Waals surface area (Å²) in [6.45, 7) is 10.1. The summed E-state index contributed by atoms with van der Waals surface area (Å²) in [5, 5.41) is 5.46. The molecule has 0 fully saturated rings. The van der Waals surface area contributed by atoms with Crippen molar-refractivity contribution in [2.45, 2.75) is 53.1 Å². The number of nitrogens with two attached hydrogens (primary N) is 1. The molecular weight excluding hydrogens is 493 g/mol. The van der Waals surface area contributed by atoms with Crippen LogP contribution in [0, 0.1) is 0 Å². The number of carbonyl (C=O) groups is 2. The zero-order chi connectivity index (χ0) is 27.0. The molecule has 0 amide bonds. The highest BCUT2D eigenvalue weighted by molar-refractivity contribution is 7.59. The summed E-state index contributed by atoms with van der Waals surface area (Å²) in [6.07, 6.45) is 2.13. The third-order valence-corrected chi connectivity index (χ3v) is 6.63. The van der Waals surface area contributed by atoms with E-state index in [0.29, 0.717) is 19.0 Å². The van der Waals surface area contributed by atoms with Crippen LogP contribution in [0.1, 0.15) is 41.0 Å². The molecule has 1 aliphatic heterocycles. The van der Waals surface area contributed by atoms with Gasteiger partial charge in [-0.1, -0.05) is 6.92 Å². The molecule has 15 heteroatoms. The lowest BCUT2D eigenvalue weighted by atomic mass is 10.4. The monoisotopic (exact) mass is 533 g/mol. The van der Waals surface area contributed by atoms with Crippen LogP contribution in [0.2, 0.25) is 0 Å². The van der Waals surface area contributed by atoms with E-state index in [1.807, 2.05) is 6.92 Å². The van der Waals surface area contributed by atoms with Crippen molar-refractivity contribution in [1.29, 1.82) is 0 Å². The topological polar surface area (TPSA) is 179 Å². The van der Waals surface area contributed by atoms with Gasteiger partial charge in [-0.15, -0.1) is 0 Å². The second kappa shape index (κ2) is 17.0. The van der Waals surface area contributed by atoms with E-state index < -0.39 is 31.5 Å². The van der Waals surface area contributed by atoms with Gasteiger partial charge in [0.15, 0.2) is 0 Å². The van der Waals surface area contributed by atoms with Crippen molar-refractivity contribution in [3.8, 4) is 0 Å². The van der Waals surface area contributed by atoms with Gasteiger partial charge < -0.3 is 29.6 Å². The molecule has 206 valence electrons. The number of rotatable bonds is 15. The average molecular weight is 534 g/mol. The molecule has 14 nitrogen and oxygen atoms in total. The maximum absolute atomic E-state index is 13.5. The minimum absolute atomic E-state index is 0.0799. The first-order valence-corrected chi connectivity index (χ1v) is 13.8. The molecule has 0 aromatic heterocycles. The number of guanidine groups is 1. The smallest absolute Gasteiger partial charge is 0.323 e. The zero-order valence-electron chi connectivity index (χ0n) is 21.8. The maximum Gasteiger partial charge on any atom is 0.323 e. The average Bonchev–Trinajstić information content (AvgIpc) is 2.91. The maximum atomic E-state index is 13.5. The van der Waals surface area contributed by atoms with Crippen molar-refractivity contribution in [3.05, 3.63) is 0 Å². The Bertz CT molecular complexity index is 807. The third kappa shape index (κ3) is 12.4. The van der Waals surface area contributed by atoms with Crippen LogP contribution in [0.3, 0.4) is 0 Å². The Morgan fingerprint density at radius 1 is 1.11 bits per heavy atom. The van der Waals surface area contributed by atoms with E-state index >= 15 is 0 Å². The fourth-order valence-electron chi connectivity index (χ4n) is 2.81. The van der Waals surface area contributed by atoms with Crippen LogP contribution in [0.5, 0.6) is 0 Å². The molecule has 0 bridgehead atoms. The van der Waals surface area contributed by atoms with Gasteiger partial charge in [0.2, 0.25) is 19.3 Å². The summed E-state index contributed by atoms with van der Waals surface area (Å²) < 4.78 is 34.7. The Balaban J connectivity index is 2.74. The highest BCUT2D eigenvalue weighted by Gasteiger charge is 2.32. The van der Waals surface area contributed by atoms with E-state index in [-0.39, 0.29) is 45.3 Å². The van der Waals surface area contributed by atoms with Crippen LogP contribution in [0.4, 0.5) is 0 Å². The van der Waals surface area contributed by atoms with Crippen LogP contribution in [-0.4, -0.2) is 99.7 Å². The number of nitrogens with zero attached hydrogens (tertiary/aromatic N) is 4. The fourth-order valence-corrected chi connectivity index (χ4v) is 4.88. The zero-order valence-corrected chi connectivity index (χ0v) is 22.7. The quantitative estimate of drug-likeness (QED) is 0.153. The van der Waals surface area contributed by atoms with Crippen molar-refractivity contribution >= 4 is 37.6 Å². The number of esters is 2. The summed E-state index contributed by atoms with van der Waals surface area (Å²) in [4.78, 5) is 38.5. The summed E-state index contributed by atoms with van der Waals surface area (Å²) in [7, 11) is -3.57. The van der Waals surface area contributed by atoms with Crippen molar-refractivity contribution in [3.63, 3.8) is 0 Å². The molecule has 1 aliphatic rings. The first-order valence-electron chi connectivity index (χ1n) is 11.9. The summed E-state index contributed by atoms with van der Waals surface area (Å²) >= 11 is 0. The predicted octanol–water partition coefficient (Wildman–Crippen LogP) is 0.677. The lowest BCUT2D eigenvalue weighted by Crippen LogP contribution is -2.43. The van der Waals surface area contributed by atoms with Crippen LogP contribution in [-0.2, 0) is 33.1 Å². The fraction of sp³-hybridized carbons (Fsp3) is 0.762. The standard InChI is InChI=1S/C21H40N7O7P/c1-6-10-35-18-12-23-13-28(14-24-21(22)25-18)9-11-32-15-36(31,26-16(4)19(29)33-7-2)27-17(5)20(30)34-8-3/h13,16-17H,6-12,14-15H2,1-5H3,(H2,22,24)(H2,26,27,31)/b23-13?,25-18+/t16-,17-/m0/s1. The Hall–Kier alpha value is -2.54. The molecule has 0 spiro atoms. The molecule has 1 rings (SSSR count). The minimum Gasteiger partial charge on any atom is -0.479 e. The number of aliphatic imine (C=N–C) groups is 3. The molecule has 0 aromatic carbocycles. The predicted molar refractivity (Wildman–Crippen MR) is 137 cm³/mol. The van der Waals surface area contributed by atoms with Crippen molar-refractivity contribution < 1.29 is 33.1 Å². The van der Waals surface area contributed by atoms with Gasteiger partial charge in [0.05, 0.1) is 32.8 Å². The Labute approximate surface area is 212 Å². The molecule has 0 unspecified atom stereocenters. The van der Waals surface area contributed by atoms with Crippen LogP contribution >= 0.6 is 7.44 Å².